The van der Waals surface area contributed by atoms with Crippen molar-refractivity contribution < 1.29 is 0 Å². The lowest BCUT2D eigenvalue weighted by Crippen LogP contribution is -2.47. The van der Waals surface area contributed by atoms with Gasteiger partial charge in [-0.05, 0) is 31.4 Å². The molecule has 1 fully saturated rings. The maximum atomic E-state index is 4.34. The number of hydrogen-bond donors (Lipinski definition) is 1. The minimum atomic E-state index is 0.580. The van der Waals surface area contributed by atoms with Crippen LogP contribution in [0.2, 0.25) is 0 Å². The number of rotatable bonds is 5. The molecule has 0 spiro atoms. The van der Waals surface area contributed by atoms with Gasteiger partial charge in [0.05, 0.1) is 0 Å². The second-order valence-electron chi connectivity index (χ2n) is 5.26. The summed E-state index contributed by atoms with van der Waals surface area (Å²) < 4.78 is 0. The summed E-state index contributed by atoms with van der Waals surface area (Å²) in [4.78, 5) is 11.0. The smallest absolute Gasteiger partial charge is 0.225 e. The van der Waals surface area contributed by atoms with Gasteiger partial charge in [0.2, 0.25) is 5.95 Å². The first-order valence-electron chi connectivity index (χ1n) is 7.05. The summed E-state index contributed by atoms with van der Waals surface area (Å²) >= 11 is 0. The van der Waals surface area contributed by atoms with Crippen molar-refractivity contribution in [2.75, 3.05) is 24.5 Å². The molecule has 0 aromatic carbocycles. The van der Waals surface area contributed by atoms with Gasteiger partial charge >= 0.3 is 0 Å². The molecule has 0 aliphatic carbocycles. The van der Waals surface area contributed by atoms with Gasteiger partial charge in [-0.1, -0.05) is 20.3 Å². The Bertz CT molecular complexity index is 341. The molecule has 1 aliphatic rings. The second kappa shape index (κ2) is 6.69. The Kier molecular flexibility index (Phi) is 4.93. The van der Waals surface area contributed by atoms with Crippen molar-refractivity contribution in [3.05, 3.63) is 18.5 Å². The van der Waals surface area contributed by atoms with Gasteiger partial charge in [-0.3, -0.25) is 0 Å². The normalized spacial score (nSPS) is 21.9. The van der Waals surface area contributed by atoms with Gasteiger partial charge in [0.1, 0.15) is 0 Å². The van der Waals surface area contributed by atoms with Crippen molar-refractivity contribution >= 4 is 5.95 Å². The van der Waals surface area contributed by atoms with Crippen LogP contribution in [0.5, 0.6) is 0 Å². The molecule has 1 aromatic rings. The molecular formula is C14H24N4. The van der Waals surface area contributed by atoms with Gasteiger partial charge in [0.15, 0.2) is 0 Å². The summed E-state index contributed by atoms with van der Waals surface area (Å²) in [6.45, 7) is 7.77. The highest BCUT2D eigenvalue weighted by molar-refractivity contribution is 5.29. The van der Waals surface area contributed by atoms with Gasteiger partial charge in [0.25, 0.3) is 0 Å². The highest BCUT2D eigenvalue weighted by Crippen LogP contribution is 2.15. The SMILES string of the molecule is CCC(C)CNC1CCCN(c2ncccn2)C1. The monoisotopic (exact) mass is 248 g/mol. The van der Waals surface area contributed by atoms with E-state index in [2.05, 4.69) is 34.0 Å². The standard InChI is InChI=1S/C14H24N4/c1-3-12(2)10-17-13-6-4-9-18(11-13)14-15-7-5-8-16-14/h5,7-8,12-13,17H,3-4,6,9-11H2,1-2H3. The molecule has 0 amide bonds. The lowest BCUT2D eigenvalue weighted by atomic mass is 10.0. The van der Waals surface area contributed by atoms with E-state index in [0.717, 1.165) is 31.5 Å². The summed E-state index contributed by atoms with van der Waals surface area (Å²) in [5.74, 6) is 1.63. The van der Waals surface area contributed by atoms with E-state index in [1.165, 1.54) is 19.3 Å². The van der Waals surface area contributed by atoms with Gasteiger partial charge in [-0.15, -0.1) is 0 Å². The molecule has 2 atom stereocenters. The summed E-state index contributed by atoms with van der Waals surface area (Å²) in [7, 11) is 0. The van der Waals surface area contributed by atoms with Crippen LogP contribution in [0.15, 0.2) is 18.5 Å². The van der Waals surface area contributed by atoms with Crippen molar-refractivity contribution in [2.24, 2.45) is 5.92 Å². The van der Waals surface area contributed by atoms with Crippen LogP contribution < -0.4 is 10.2 Å². The topological polar surface area (TPSA) is 41.0 Å². The molecular weight excluding hydrogens is 224 g/mol. The van der Waals surface area contributed by atoms with Crippen molar-refractivity contribution in [3.63, 3.8) is 0 Å². The zero-order chi connectivity index (χ0) is 12.8. The average Bonchev–Trinajstić information content (AvgIpc) is 2.46. The first kappa shape index (κ1) is 13.3. The average molecular weight is 248 g/mol. The molecule has 1 N–H and O–H groups in total. The van der Waals surface area contributed by atoms with Crippen LogP contribution in [0.3, 0.4) is 0 Å². The van der Waals surface area contributed by atoms with E-state index < -0.39 is 0 Å². The number of aromatic nitrogens is 2. The quantitative estimate of drug-likeness (QED) is 0.866. The zero-order valence-electron chi connectivity index (χ0n) is 11.5. The molecule has 1 saturated heterocycles. The van der Waals surface area contributed by atoms with Crippen molar-refractivity contribution in [2.45, 2.75) is 39.2 Å². The molecule has 2 heterocycles. The molecule has 18 heavy (non-hydrogen) atoms. The molecule has 0 saturated carbocycles. The van der Waals surface area contributed by atoms with E-state index in [-0.39, 0.29) is 0 Å². The van der Waals surface area contributed by atoms with Gasteiger partial charge in [0, 0.05) is 31.5 Å². The summed E-state index contributed by atoms with van der Waals surface area (Å²) in [5, 5.41) is 3.67. The summed E-state index contributed by atoms with van der Waals surface area (Å²) in [6.07, 6.45) is 7.36. The number of piperidine rings is 1. The molecule has 0 radical (unpaired) electrons. The Labute approximate surface area is 110 Å². The van der Waals surface area contributed by atoms with Crippen LogP contribution in [-0.2, 0) is 0 Å². The maximum Gasteiger partial charge on any atom is 0.225 e. The van der Waals surface area contributed by atoms with Crippen LogP contribution in [0.25, 0.3) is 0 Å². The van der Waals surface area contributed by atoms with Crippen LogP contribution in [0.1, 0.15) is 33.1 Å². The maximum absolute atomic E-state index is 4.34. The Morgan fingerprint density at radius 1 is 1.44 bits per heavy atom. The summed E-state index contributed by atoms with van der Waals surface area (Å²) in [5.41, 5.74) is 0. The number of nitrogens with one attached hydrogen (secondary N) is 1. The third kappa shape index (κ3) is 3.67. The fourth-order valence-electron chi connectivity index (χ4n) is 2.29. The van der Waals surface area contributed by atoms with E-state index in [1.807, 2.05) is 18.5 Å². The minimum Gasteiger partial charge on any atom is -0.339 e. The number of anilines is 1. The van der Waals surface area contributed by atoms with Gasteiger partial charge in [-0.2, -0.15) is 0 Å². The van der Waals surface area contributed by atoms with E-state index in [1.54, 1.807) is 0 Å². The van der Waals surface area contributed by atoms with Gasteiger partial charge < -0.3 is 10.2 Å². The van der Waals surface area contributed by atoms with E-state index in [4.69, 9.17) is 0 Å². The molecule has 0 bridgehead atoms. The first-order valence-corrected chi connectivity index (χ1v) is 7.05. The zero-order valence-corrected chi connectivity index (χ0v) is 11.5. The highest BCUT2D eigenvalue weighted by Gasteiger charge is 2.21. The van der Waals surface area contributed by atoms with Crippen LogP contribution in [-0.4, -0.2) is 35.6 Å². The van der Waals surface area contributed by atoms with Gasteiger partial charge in [-0.25, -0.2) is 9.97 Å². The van der Waals surface area contributed by atoms with Crippen LogP contribution >= 0.6 is 0 Å². The molecule has 1 aliphatic heterocycles. The fraction of sp³-hybridized carbons (Fsp3) is 0.714. The molecule has 1 aromatic heterocycles. The first-order chi connectivity index (χ1) is 8.79. The highest BCUT2D eigenvalue weighted by atomic mass is 15.3. The Morgan fingerprint density at radius 3 is 2.94 bits per heavy atom. The van der Waals surface area contributed by atoms with Crippen LogP contribution in [0.4, 0.5) is 5.95 Å². The molecule has 4 nitrogen and oxygen atoms in total. The van der Waals surface area contributed by atoms with E-state index in [0.29, 0.717) is 6.04 Å². The number of nitrogens with zero attached hydrogens (tertiary/aromatic N) is 3. The molecule has 2 unspecified atom stereocenters. The Morgan fingerprint density at radius 2 is 2.22 bits per heavy atom. The van der Waals surface area contributed by atoms with Crippen molar-refractivity contribution in [3.8, 4) is 0 Å². The van der Waals surface area contributed by atoms with E-state index >= 15 is 0 Å². The van der Waals surface area contributed by atoms with E-state index in [9.17, 15) is 0 Å². The predicted molar refractivity (Wildman–Crippen MR) is 74.7 cm³/mol. The Hall–Kier alpha value is -1.16. The van der Waals surface area contributed by atoms with Crippen molar-refractivity contribution in [1.29, 1.82) is 0 Å². The molecule has 100 valence electrons. The largest absolute Gasteiger partial charge is 0.339 e. The second-order valence-corrected chi connectivity index (χ2v) is 5.26. The molecule has 4 heteroatoms. The number of hydrogen-bond acceptors (Lipinski definition) is 4. The lowest BCUT2D eigenvalue weighted by Gasteiger charge is -2.33. The Balaban J connectivity index is 1.85. The minimum absolute atomic E-state index is 0.580. The van der Waals surface area contributed by atoms with Crippen LogP contribution in [0, 0.1) is 5.92 Å². The third-order valence-corrected chi connectivity index (χ3v) is 3.71. The summed E-state index contributed by atoms with van der Waals surface area (Å²) in [6, 6.07) is 2.45. The predicted octanol–water partition coefficient (Wildman–Crippen LogP) is 2.08. The fourth-order valence-corrected chi connectivity index (χ4v) is 2.29. The van der Waals surface area contributed by atoms with Crippen molar-refractivity contribution in [1.82, 2.24) is 15.3 Å². The third-order valence-electron chi connectivity index (χ3n) is 3.71. The lowest BCUT2D eigenvalue weighted by molar-refractivity contribution is 0.385. The molecule has 2 rings (SSSR count).